The molecule has 0 saturated heterocycles. The minimum atomic E-state index is -0.222. The zero-order chi connectivity index (χ0) is 14.5. The van der Waals surface area contributed by atoms with Gasteiger partial charge in [0.2, 0.25) is 0 Å². The number of aromatic nitrogens is 2. The van der Waals surface area contributed by atoms with Crippen LogP contribution in [0.5, 0.6) is 0 Å². The Bertz CT molecular complexity index is 693. The fourth-order valence-corrected chi connectivity index (χ4v) is 1.74. The van der Waals surface area contributed by atoms with Gasteiger partial charge < -0.3 is 15.0 Å². The van der Waals surface area contributed by atoms with Gasteiger partial charge in [0.1, 0.15) is 12.3 Å². The Morgan fingerprint density at radius 2 is 2.30 bits per heavy atom. The summed E-state index contributed by atoms with van der Waals surface area (Å²) >= 11 is 0. The highest BCUT2D eigenvalue weighted by Crippen LogP contribution is 2.17. The molecule has 102 valence electrons. The van der Waals surface area contributed by atoms with Crippen LogP contribution in [0.25, 0.3) is 0 Å². The third kappa shape index (κ3) is 3.05. The van der Waals surface area contributed by atoms with Gasteiger partial charge in [-0.1, -0.05) is 17.9 Å². The molecule has 0 radical (unpaired) electrons. The van der Waals surface area contributed by atoms with E-state index >= 15 is 0 Å². The van der Waals surface area contributed by atoms with Crippen molar-refractivity contribution in [1.82, 2.24) is 9.55 Å². The van der Waals surface area contributed by atoms with E-state index in [1.165, 1.54) is 6.20 Å². The molecule has 2 N–H and O–H groups in total. The molecule has 0 aliphatic heterocycles. The summed E-state index contributed by atoms with van der Waals surface area (Å²) in [5, 5.41) is 11.5. The summed E-state index contributed by atoms with van der Waals surface area (Å²) in [4.78, 5) is 16.0. The molecule has 0 aliphatic carbocycles. The van der Waals surface area contributed by atoms with Crippen LogP contribution in [0, 0.1) is 18.8 Å². The maximum atomic E-state index is 12.1. The fraction of sp³-hybridized carbons (Fsp3) is 0.200. The second kappa shape index (κ2) is 6.04. The molecule has 5 nitrogen and oxygen atoms in total. The molecule has 1 heterocycles. The van der Waals surface area contributed by atoms with Crippen LogP contribution in [0.3, 0.4) is 0 Å². The molecule has 0 spiro atoms. The minimum absolute atomic E-state index is 0.190. The Hall–Kier alpha value is -2.58. The molecule has 0 fully saturated rings. The third-order valence-electron chi connectivity index (χ3n) is 2.85. The summed E-state index contributed by atoms with van der Waals surface area (Å²) < 4.78 is 1.65. The van der Waals surface area contributed by atoms with E-state index in [2.05, 4.69) is 22.1 Å². The second-order valence-electron chi connectivity index (χ2n) is 4.33. The van der Waals surface area contributed by atoms with E-state index in [0.29, 0.717) is 11.4 Å². The average molecular weight is 269 g/mol. The highest BCUT2D eigenvalue weighted by molar-refractivity contribution is 6.03. The first-order valence-corrected chi connectivity index (χ1v) is 6.10. The van der Waals surface area contributed by atoms with Crippen LogP contribution in [-0.2, 0) is 7.05 Å². The van der Waals surface area contributed by atoms with E-state index in [9.17, 15) is 4.79 Å². The number of nitrogens with one attached hydrogen (secondary N) is 1. The molecule has 0 unspecified atom stereocenters. The quantitative estimate of drug-likeness (QED) is 0.808. The van der Waals surface area contributed by atoms with E-state index in [4.69, 9.17) is 5.11 Å². The first-order chi connectivity index (χ1) is 9.61. The van der Waals surface area contributed by atoms with Crippen molar-refractivity contribution in [2.45, 2.75) is 6.92 Å². The van der Waals surface area contributed by atoms with Crippen molar-refractivity contribution < 1.29 is 9.90 Å². The third-order valence-corrected chi connectivity index (χ3v) is 2.85. The van der Waals surface area contributed by atoms with Crippen molar-refractivity contribution in [2.24, 2.45) is 7.05 Å². The summed E-state index contributed by atoms with van der Waals surface area (Å²) in [5.41, 5.74) is 2.86. The Balaban J connectivity index is 2.25. The first-order valence-electron chi connectivity index (χ1n) is 6.10. The molecule has 5 heteroatoms. The molecule has 0 aliphatic rings. The normalized spacial score (nSPS) is 9.75. The van der Waals surface area contributed by atoms with Gasteiger partial charge in [-0.2, -0.15) is 0 Å². The molecule has 20 heavy (non-hydrogen) atoms. The maximum absolute atomic E-state index is 12.1. The number of carbonyl (C=O) groups is 1. The maximum Gasteiger partial charge on any atom is 0.273 e. The lowest BCUT2D eigenvalue weighted by atomic mass is 10.1. The number of aliphatic hydroxyl groups excluding tert-OH is 1. The number of hydrogen-bond acceptors (Lipinski definition) is 3. The van der Waals surface area contributed by atoms with Gasteiger partial charge >= 0.3 is 0 Å². The number of anilines is 1. The Kier molecular flexibility index (Phi) is 4.18. The number of amides is 1. The molecule has 0 saturated carbocycles. The van der Waals surface area contributed by atoms with Gasteiger partial charge in [-0.3, -0.25) is 4.79 Å². The molecule has 0 atom stereocenters. The van der Waals surface area contributed by atoms with Crippen LogP contribution >= 0.6 is 0 Å². The van der Waals surface area contributed by atoms with Crippen LogP contribution in [0.4, 0.5) is 5.69 Å². The van der Waals surface area contributed by atoms with E-state index in [-0.39, 0.29) is 12.5 Å². The minimum Gasteiger partial charge on any atom is -0.384 e. The van der Waals surface area contributed by atoms with Gasteiger partial charge in [-0.15, -0.1) is 0 Å². The SMILES string of the molecule is Cc1ccc(C#CCO)cc1NC(=O)c1cncn1C. The van der Waals surface area contributed by atoms with Gasteiger partial charge in [0.15, 0.2) is 0 Å². The molecule has 1 aromatic heterocycles. The summed E-state index contributed by atoms with van der Waals surface area (Å²) in [7, 11) is 1.76. The van der Waals surface area contributed by atoms with Crippen molar-refractivity contribution in [3.05, 3.63) is 47.5 Å². The van der Waals surface area contributed by atoms with Crippen LogP contribution in [0.2, 0.25) is 0 Å². The van der Waals surface area contributed by atoms with E-state index in [1.807, 2.05) is 19.1 Å². The second-order valence-corrected chi connectivity index (χ2v) is 4.33. The lowest BCUT2D eigenvalue weighted by molar-refractivity contribution is 0.101. The topological polar surface area (TPSA) is 67.2 Å². The van der Waals surface area contributed by atoms with Crippen molar-refractivity contribution >= 4 is 11.6 Å². The predicted molar refractivity (Wildman–Crippen MR) is 76.3 cm³/mol. The van der Waals surface area contributed by atoms with Crippen molar-refractivity contribution in [1.29, 1.82) is 0 Å². The molecule has 1 aromatic carbocycles. The lowest BCUT2D eigenvalue weighted by Gasteiger charge is -2.09. The standard InChI is InChI=1S/C15H15N3O2/c1-11-5-6-12(4-3-7-19)8-13(11)17-15(20)14-9-16-10-18(14)2/h5-6,8-10,19H,7H2,1-2H3,(H,17,20). The van der Waals surface area contributed by atoms with Gasteiger partial charge in [0.05, 0.1) is 12.5 Å². The summed E-state index contributed by atoms with van der Waals surface area (Å²) in [6, 6.07) is 5.50. The van der Waals surface area contributed by atoms with Crippen molar-refractivity contribution in [2.75, 3.05) is 11.9 Å². The highest BCUT2D eigenvalue weighted by Gasteiger charge is 2.11. The van der Waals surface area contributed by atoms with Crippen LogP contribution in [0.15, 0.2) is 30.7 Å². The molecule has 0 bridgehead atoms. The largest absolute Gasteiger partial charge is 0.384 e. The fourth-order valence-electron chi connectivity index (χ4n) is 1.74. The van der Waals surface area contributed by atoms with Crippen LogP contribution in [-0.4, -0.2) is 27.2 Å². The number of aryl methyl sites for hydroxylation is 2. The van der Waals surface area contributed by atoms with E-state index in [1.54, 1.807) is 24.0 Å². The van der Waals surface area contributed by atoms with Gasteiger partial charge in [-0.25, -0.2) is 4.98 Å². The van der Waals surface area contributed by atoms with Gasteiger partial charge in [-0.05, 0) is 24.6 Å². The number of aliphatic hydroxyl groups is 1. The molecule has 2 rings (SSSR count). The lowest BCUT2D eigenvalue weighted by Crippen LogP contribution is -2.16. The smallest absolute Gasteiger partial charge is 0.273 e. The van der Waals surface area contributed by atoms with Gasteiger partial charge in [0.25, 0.3) is 5.91 Å². The number of benzene rings is 1. The van der Waals surface area contributed by atoms with Crippen LogP contribution in [0.1, 0.15) is 21.6 Å². The van der Waals surface area contributed by atoms with Gasteiger partial charge in [0, 0.05) is 18.3 Å². The Morgan fingerprint density at radius 1 is 1.50 bits per heavy atom. The zero-order valence-corrected chi connectivity index (χ0v) is 11.3. The number of hydrogen-bond donors (Lipinski definition) is 2. The number of carbonyl (C=O) groups excluding carboxylic acids is 1. The average Bonchev–Trinajstić information content (AvgIpc) is 2.86. The zero-order valence-electron chi connectivity index (χ0n) is 11.3. The molecule has 1 amide bonds. The Morgan fingerprint density at radius 3 is 2.95 bits per heavy atom. The van der Waals surface area contributed by atoms with E-state index in [0.717, 1.165) is 11.1 Å². The number of nitrogens with zero attached hydrogens (tertiary/aromatic N) is 2. The Labute approximate surface area is 117 Å². The summed E-state index contributed by atoms with van der Waals surface area (Å²) in [6.45, 7) is 1.71. The number of rotatable bonds is 2. The molecular weight excluding hydrogens is 254 g/mol. The predicted octanol–water partition coefficient (Wildman–Crippen LogP) is 1.32. The highest BCUT2D eigenvalue weighted by atomic mass is 16.2. The van der Waals surface area contributed by atoms with E-state index < -0.39 is 0 Å². The van der Waals surface area contributed by atoms with Crippen molar-refractivity contribution in [3.8, 4) is 11.8 Å². The molecular formula is C15H15N3O2. The molecule has 2 aromatic rings. The number of imidazole rings is 1. The first kappa shape index (κ1) is 13.8. The summed E-state index contributed by atoms with van der Waals surface area (Å²) in [6.07, 6.45) is 3.09. The summed E-state index contributed by atoms with van der Waals surface area (Å²) in [5.74, 6) is 5.17. The monoisotopic (exact) mass is 269 g/mol. The van der Waals surface area contributed by atoms with Crippen molar-refractivity contribution in [3.63, 3.8) is 0 Å². The van der Waals surface area contributed by atoms with Crippen LogP contribution < -0.4 is 5.32 Å².